The molecule has 0 bridgehead atoms. The van der Waals surface area contributed by atoms with Crippen molar-refractivity contribution in [3.63, 3.8) is 0 Å². The van der Waals surface area contributed by atoms with E-state index in [1.807, 2.05) is 24.3 Å². The van der Waals surface area contributed by atoms with Crippen LogP contribution in [0.2, 0.25) is 0 Å². The molecule has 0 unspecified atom stereocenters. The summed E-state index contributed by atoms with van der Waals surface area (Å²) in [6.45, 7) is 4.53. The topological polar surface area (TPSA) is 27.7 Å². The molecule has 2 aromatic rings. The van der Waals surface area contributed by atoms with Gasteiger partial charge in [-0.25, -0.2) is 0 Å². The van der Waals surface area contributed by atoms with Gasteiger partial charge in [-0.05, 0) is 47.2 Å². The highest BCUT2D eigenvalue weighted by Gasteiger charge is 2.40. The van der Waals surface area contributed by atoms with Crippen LogP contribution in [0.25, 0.3) is 0 Å². The number of methoxy groups -OCH3 is 2. The van der Waals surface area contributed by atoms with Crippen molar-refractivity contribution >= 4 is 0 Å². The third kappa shape index (κ3) is 3.06. The second-order valence-electron chi connectivity index (χ2n) is 6.24. The third-order valence-electron chi connectivity index (χ3n) is 4.97. The van der Waals surface area contributed by atoms with E-state index in [4.69, 9.17) is 14.2 Å². The normalized spacial score (nSPS) is 27.0. The molecule has 1 aliphatic rings. The maximum Gasteiger partial charge on any atom is 0.118 e. The van der Waals surface area contributed by atoms with Crippen LogP contribution in [0.1, 0.15) is 37.2 Å². The van der Waals surface area contributed by atoms with Crippen molar-refractivity contribution < 1.29 is 14.2 Å². The van der Waals surface area contributed by atoms with E-state index >= 15 is 0 Å². The highest BCUT2D eigenvalue weighted by Crippen LogP contribution is 2.49. The standard InChI is InChI=1S/C20H24O3/c1-13-14(2)20(16-7-11-18(22-4)12-8-16)23-19(13)15-5-9-17(21-3)10-6-15/h5-14,19-20H,1-4H3/t13-,14-,19-,20+/m1/s1. The molecular weight excluding hydrogens is 288 g/mol. The van der Waals surface area contributed by atoms with Crippen molar-refractivity contribution in [1.82, 2.24) is 0 Å². The molecule has 2 aromatic carbocycles. The Morgan fingerprint density at radius 3 is 1.30 bits per heavy atom. The van der Waals surface area contributed by atoms with Gasteiger partial charge in [-0.3, -0.25) is 0 Å². The lowest BCUT2D eigenvalue weighted by Gasteiger charge is -2.16. The lowest BCUT2D eigenvalue weighted by Crippen LogP contribution is -2.09. The molecule has 4 atom stereocenters. The summed E-state index contributed by atoms with van der Waals surface area (Å²) in [4.78, 5) is 0. The molecule has 1 saturated heterocycles. The summed E-state index contributed by atoms with van der Waals surface area (Å²) in [5, 5.41) is 0. The molecule has 0 N–H and O–H groups in total. The Morgan fingerprint density at radius 1 is 0.652 bits per heavy atom. The van der Waals surface area contributed by atoms with Gasteiger partial charge in [0.1, 0.15) is 11.5 Å². The average molecular weight is 312 g/mol. The zero-order chi connectivity index (χ0) is 16.4. The molecule has 23 heavy (non-hydrogen) atoms. The lowest BCUT2D eigenvalue weighted by molar-refractivity contribution is 0.0290. The first-order valence-electron chi connectivity index (χ1n) is 8.07. The van der Waals surface area contributed by atoms with Crippen LogP contribution in [-0.2, 0) is 4.74 Å². The summed E-state index contributed by atoms with van der Waals surface area (Å²) in [6, 6.07) is 16.4. The minimum atomic E-state index is 0.114. The van der Waals surface area contributed by atoms with Gasteiger partial charge in [0.05, 0.1) is 26.4 Å². The van der Waals surface area contributed by atoms with E-state index in [9.17, 15) is 0 Å². The summed E-state index contributed by atoms with van der Waals surface area (Å²) in [6.07, 6.45) is 0.228. The molecule has 1 fully saturated rings. The van der Waals surface area contributed by atoms with E-state index in [-0.39, 0.29) is 12.2 Å². The highest BCUT2D eigenvalue weighted by atomic mass is 16.5. The SMILES string of the molecule is COc1ccc([C@H]2O[C@@H](c3ccc(OC)cc3)[C@H](C)[C@H]2C)cc1. The van der Waals surface area contributed by atoms with Crippen LogP contribution in [0.4, 0.5) is 0 Å². The van der Waals surface area contributed by atoms with Gasteiger partial charge in [0.25, 0.3) is 0 Å². The Bertz CT molecular complexity index is 575. The molecular formula is C20H24O3. The van der Waals surface area contributed by atoms with Gasteiger partial charge in [0.2, 0.25) is 0 Å². The fraction of sp³-hybridized carbons (Fsp3) is 0.400. The van der Waals surface area contributed by atoms with Crippen molar-refractivity contribution in [3.05, 3.63) is 59.7 Å². The smallest absolute Gasteiger partial charge is 0.118 e. The fourth-order valence-corrected chi connectivity index (χ4v) is 3.31. The zero-order valence-corrected chi connectivity index (χ0v) is 14.2. The first-order chi connectivity index (χ1) is 11.1. The van der Waals surface area contributed by atoms with Crippen LogP contribution in [0, 0.1) is 11.8 Å². The Kier molecular flexibility index (Phi) is 4.58. The van der Waals surface area contributed by atoms with Crippen LogP contribution < -0.4 is 9.47 Å². The summed E-state index contributed by atoms with van der Waals surface area (Å²) < 4.78 is 16.9. The molecule has 1 aliphatic heterocycles. The average Bonchev–Trinajstić information content (AvgIpc) is 2.91. The molecule has 122 valence electrons. The molecule has 0 saturated carbocycles. The summed E-state index contributed by atoms with van der Waals surface area (Å²) in [5.74, 6) is 2.66. The number of ether oxygens (including phenoxy) is 3. The van der Waals surface area contributed by atoms with Crippen LogP contribution in [0.15, 0.2) is 48.5 Å². The Hall–Kier alpha value is -2.00. The summed E-state index contributed by atoms with van der Waals surface area (Å²) in [7, 11) is 3.37. The van der Waals surface area contributed by atoms with Gasteiger partial charge in [-0.15, -0.1) is 0 Å². The first-order valence-corrected chi connectivity index (χ1v) is 8.07. The Balaban J connectivity index is 1.81. The molecule has 1 heterocycles. The monoisotopic (exact) mass is 312 g/mol. The molecule has 3 rings (SSSR count). The second kappa shape index (κ2) is 6.63. The zero-order valence-electron chi connectivity index (χ0n) is 14.2. The fourth-order valence-electron chi connectivity index (χ4n) is 3.31. The third-order valence-corrected chi connectivity index (χ3v) is 4.97. The quantitative estimate of drug-likeness (QED) is 0.812. The predicted octanol–water partition coefficient (Wildman–Crippen LogP) is 4.79. The predicted molar refractivity (Wildman–Crippen MR) is 90.9 cm³/mol. The molecule has 0 amide bonds. The van der Waals surface area contributed by atoms with Crippen molar-refractivity contribution in [2.75, 3.05) is 14.2 Å². The second-order valence-corrected chi connectivity index (χ2v) is 6.24. The molecule has 0 aromatic heterocycles. The van der Waals surface area contributed by atoms with Crippen LogP contribution in [-0.4, -0.2) is 14.2 Å². The molecule has 3 nitrogen and oxygen atoms in total. The minimum absolute atomic E-state index is 0.114. The summed E-state index contributed by atoms with van der Waals surface area (Å²) in [5.41, 5.74) is 2.42. The minimum Gasteiger partial charge on any atom is -0.497 e. The molecule has 0 spiro atoms. The van der Waals surface area contributed by atoms with E-state index in [0.29, 0.717) is 11.8 Å². The van der Waals surface area contributed by atoms with Gasteiger partial charge in [0.15, 0.2) is 0 Å². The van der Waals surface area contributed by atoms with E-state index in [0.717, 1.165) is 11.5 Å². The van der Waals surface area contributed by atoms with Crippen LogP contribution in [0.3, 0.4) is 0 Å². The van der Waals surface area contributed by atoms with Crippen molar-refractivity contribution in [2.24, 2.45) is 11.8 Å². The summed E-state index contributed by atoms with van der Waals surface area (Å²) >= 11 is 0. The van der Waals surface area contributed by atoms with E-state index in [1.54, 1.807) is 14.2 Å². The van der Waals surface area contributed by atoms with Crippen LogP contribution in [0.5, 0.6) is 11.5 Å². The lowest BCUT2D eigenvalue weighted by atomic mass is 9.85. The van der Waals surface area contributed by atoms with E-state index < -0.39 is 0 Å². The largest absolute Gasteiger partial charge is 0.497 e. The van der Waals surface area contributed by atoms with Crippen molar-refractivity contribution in [2.45, 2.75) is 26.1 Å². The molecule has 0 aliphatic carbocycles. The maximum absolute atomic E-state index is 6.42. The number of hydrogen-bond donors (Lipinski definition) is 0. The number of benzene rings is 2. The number of rotatable bonds is 4. The van der Waals surface area contributed by atoms with Crippen molar-refractivity contribution in [1.29, 1.82) is 0 Å². The van der Waals surface area contributed by atoms with E-state index in [2.05, 4.69) is 38.1 Å². The van der Waals surface area contributed by atoms with Gasteiger partial charge >= 0.3 is 0 Å². The van der Waals surface area contributed by atoms with Gasteiger partial charge < -0.3 is 14.2 Å². The number of hydrogen-bond acceptors (Lipinski definition) is 3. The van der Waals surface area contributed by atoms with Gasteiger partial charge in [-0.1, -0.05) is 38.1 Å². The molecule has 3 heteroatoms. The Labute approximate surface area is 138 Å². The molecule has 0 radical (unpaired) electrons. The van der Waals surface area contributed by atoms with E-state index in [1.165, 1.54) is 11.1 Å². The Morgan fingerprint density at radius 2 is 1.00 bits per heavy atom. The maximum atomic E-state index is 6.42. The van der Waals surface area contributed by atoms with Crippen molar-refractivity contribution in [3.8, 4) is 11.5 Å². The first kappa shape index (κ1) is 15.9. The highest BCUT2D eigenvalue weighted by molar-refractivity contribution is 5.32. The van der Waals surface area contributed by atoms with Gasteiger partial charge in [0, 0.05) is 0 Å². The van der Waals surface area contributed by atoms with Gasteiger partial charge in [-0.2, -0.15) is 0 Å². The van der Waals surface area contributed by atoms with Crippen LogP contribution >= 0.6 is 0 Å².